The third-order valence-corrected chi connectivity index (χ3v) is 12.6. The number of anilines is 3. The summed E-state index contributed by atoms with van der Waals surface area (Å²) < 4.78 is 12.0. The van der Waals surface area contributed by atoms with Crippen molar-refractivity contribution in [1.82, 2.24) is 0 Å². The fourth-order valence-electron chi connectivity index (χ4n) is 7.93. The molecule has 0 saturated carbocycles. The summed E-state index contributed by atoms with van der Waals surface area (Å²) in [5.41, 5.74) is 9.95. The van der Waals surface area contributed by atoms with Crippen molar-refractivity contribution in [2.45, 2.75) is 0 Å². The van der Waals surface area contributed by atoms with Crippen molar-refractivity contribution < 1.29 is 4.42 Å². The predicted molar refractivity (Wildman–Crippen MR) is 225 cm³/mol. The zero-order valence-electron chi connectivity index (χ0n) is 27.9. The van der Waals surface area contributed by atoms with E-state index in [1.54, 1.807) is 0 Å². The van der Waals surface area contributed by atoms with Crippen LogP contribution in [-0.2, 0) is 0 Å². The van der Waals surface area contributed by atoms with Gasteiger partial charge in [-0.15, -0.1) is 22.7 Å². The molecule has 0 saturated heterocycles. The molecule has 0 aliphatic rings. The van der Waals surface area contributed by atoms with Gasteiger partial charge in [-0.25, -0.2) is 0 Å². The van der Waals surface area contributed by atoms with Crippen molar-refractivity contribution >= 4 is 102 Å². The van der Waals surface area contributed by atoms with Crippen molar-refractivity contribution in [3.05, 3.63) is 176 Å². The van der Waals surface area contributed by atoms with Gasteiger partial charge in [-0.2, -0.15) is 0 Å². The molecule has 3 heterocycles. The number of rotatable bonds is 5. The van der Waals surface area contributed by atoms with Gasteiger partial charge in [0.15, 0.2) is 0 Å². The van der Waals surface area contributed by atoms with Gasteiger partial charge >= 0.3 is 0 Å². The Hall–Kier alpha value is -6.20. The normalized spacial score (nSPS) is 11.8. The summed E-state index contributed by atoms with van der Waals surface area (Å²) in [6, 6.07) is 63.4. The topological polar surface area (TPSA) is 16.4 Å². The molecule has 2 nitrogen and oxygen atoms in total. The molecule has 11 aromatic rings. The molecule has 0 N–H and O–H groups in total. The second kappa shape index (κ2) is 11.7. The van der Waals surface area contributed by atoms with Crippen LogP contribution in [0.1, 0.15) is 0 Å². The summed E-state index contributed by atoms with van der Waals surface area (Å²) in [5, 5.41) is 7.43. The van der Waals surface area contributed by atoms with Crippen molar-refractivity contribution in [2.24, 2.45) is 0 Å². The van der Waals surface area contributed by atoms with Gasteiger partial charge in [0, 0.05) is 79.3 Å². The minimum atomic E-state index is 0.906. The minimum absolute atomic E-state index is 0.906. The summed E-state index contributed by atoms with van der Waals surface area (Å²) in [5.74, 6) is 0. The molecule has 0 amide bonds. The van der Waals surface area contributed by atoms with E-state index in [0.29, 0.717) is 0 Å². The lowest BCUT2D eigenvalue weighted by molar-refractivity contribution is 0.670. The Morgan fingerprint density at radius 3 is 1.83 bits per heavy atom. The zero-order chi connectivity index (χ0) is 34.2. The van der Waals surface area contributed by atoms with Crippen LogP contribution in [-0.4, -0.2) is 0 Å². The smallest absolute Gasteiger partial charge is 0.143 e. The van der Waals surface area contributed by atoms with Gasteiger partial charge in [0.25, 0.3) is 0 Å². The molecule has 0 unspecified atom stereocenters. The van der Waals surface area contributed by atoms with E-state index in [4.69, 9.17) is 4.42 Å². The van der Waals surface area contributed by atoms with Crippen LogP contribution in [0.2, 0.25) is 0 Å². The molecule has 0 aliphatic carbocycles. The third-order valence-electron chi connectivity index (χ3n) is 10.3. The molecular weight excluding hydrogens is 671 g/mol. The van der Waals surface area contributed by atoms with Gasteiger partial charge in [-0.05, 0) is 77.9 Å². The molecule has 0 bridgehead atoms. The fourth-order valence-corrected chi connectivity index (χ4v) is 10.2. The van der Waals surface area contributed by atoms with Crippen molar-refractivity contribution in [3.63, 3.8) is 0 Å². The van der Waals surface area contributed by atoms with Crippen molar-refractivity contribution in [1.29, 1.82) is 0 Å². The number of hydrogen-bond acceptors (Lipinski definition) is 4. The van der Waals surface area contributed by atoms with E-state index >= 15 is 0 Å². The highest BCUT2D eigenvalue weighted by Gasteiger charge is 2.20. The number of thiophene rings is 2. The first-order valence-electron chi connectivity index (χ1n) is 17.5. The van der Waals surface area contributed by atoms with Crippen LogP contribution in [0.25, 0.3) is 84.5 Å². The largest absolute Gasteiger partial charge is 0.455 e. The highest BCUT2D eigenvalue weighted by atomic mass is 32.1. The van der Waals surface area contributed by atoms with Crippen LogP contribution >= 0.6 is 22.7 Å². The summed E-state index contributed by atoms with van der Waals surface area (Å²) in [6.45, 7) is 0. The molecule has 0 fully saturated rings. The Bertz CT molecular complexity index is 3090. The molecule has 8 aromatic carbocycles. The molecule has 0 atom stereocenters. The zero-order valence-corrected chi connectivity index (χ0v) is 29.5. The van der Waals surface area contributed by atoms with E-state index in [2.05, 4.69) is 181 Å². The number of fused-ring (bicyclic) bond motifs is 9. The van der Waals surface area contributed by atoms with Gasteiger partial charge in [0.05, 0.1) is 0 Å². The van der Waals surface area contributed by atoms with E-state index in [1.807, 2.05) is 22.7 Å². The molecule has 0 radical (unpaired) electrons. The number of furan rings is 1. The first-order valence-corrected chi connectivity index (χ1v) is 19.1. The molecule has 52 heavy (non-hydrogen) atoms. The first-order chi connectivity index (χ1) is 25.8. The maximum absolute atomic E-state index is 6.78. The van der Waals surface area contributed by atoms with Gasteiger partial charge < -0.3 is 9.32 Å². The Kier molecular flexibility index (Phi) is 6.63. The van der Waals surface area contributed by atoms with Crippen LogP contribution in [0.15, 0.2) is 180 Å². The van der Waals surface area contributed by atoms with E-state index in [-0.39, 0.29) is 0 Å². The number of hydrogen-bond donors (Lipinski definition) is 0. The Morgan fingerprint density at radius 2 is 1.00 bits per heavy atom. The van der Waals surface area contributed by atoms with Gasteiger partial charge in [0.1, 0.15) is 11.2 Å². The SMILES string of the molecule is c1ccc(N(c2ccccc2)c2ccc3sc4c(-c5cccc6oc7c(-c8ccc9sc%10ccccc%10c9c8)cccc7c56)cccc4c3c2)cc1. The highest BCUT2D eigenvalue weighted by Crippen LogP contribution is 2.47. The Morgan fingerprint density at radius 1 is 0.385 bits per heavy atom. The maximum atomic E-state index is 6.78. The lowest BCUT2D eigenvalue weighted by atomic mass is 9.96. The van der Waals surface area contributed by atoms with E-state index in [9.17, 15) is 0 Å². The predicted octanol–water partition coefficient (Wildman–Crippen LogP) is 15.1. The molecule has 0 spiro atoms. The second-order valence-corrected chi connectivity index (χ2v) is 15.4. The van der Waals surface area contributed by atoms with Crippen LogP contribution < -0.4 is 4.90 Å². The highest BCUT2D eigenvalue weighted by molar-refractivity contribution is 7.26. The quantitative estimate of drug-likeness (QED) is 0.178. The van der Waals surface area contributed by atoms with Crippen LogP contribution in [0.4, 0.5) is 17.1 Å². The monoisotopic (exact) mass is 699 g/mol. The summed E-state index contributed by atoms with van der Waals surface area (Å²) >= 11 is 3.72. The summed E-state index contributed by atoms with van der Waals surface area (Å²) in [6.07, 6.45) is 0. The Labute approximate surface area is 308 Å². The molecule has 4 heteroatoms. The number of benzene rings is 8. The minimum Gasteiger partial charge on any atom is -0.455 e. The lowest BCUT2D eigenvalue weighted by Gasteiger charge is -2.25. The summed E-state index contributed by atoms with van der Waals surface area (Å²) in [7, 11) is 0. The molecule has 0 aliphatic heterocycles. The van der Waals surface area contributed by atoms with E-state index in [1.165, 1.54) is 57.0 Å². The van der Waals surface area contributed by atoms with Crippen LogP contribution in [0.5, 0.6) is 0 Å². The standard InChI is InChI=1S/C48H29NOS2/c1-3-12-31(13-4-1)49(32-14-5-2-6-15-32)33-25-27-45-41(29-33)38-20-10-19-37(48(38)52-45)36-18-11-22-42-46(36)39-21-9-17-34(47(39)50-42)30-24-26-44-40(28-30)35-16-7-8-23-43(35)51-44/h1-29H. The average Bonchev–Trinajstić information content (AvgIpc) is 3.90. The maximum Gasteiger partial charge on any atom is 0.143 e. The number of para-hydroxylation sites is 3. The summed E-state index contributed by atoms with van der Waals surface area (Å²) in [4.78, 5) is 2.33. The van der Waals surface area contributed by atoms with Crippen LogP contribution in [0, 0.1) is 0 Å². The molecule has 3 aromatic heterocycles. The van der Waals surface area contributed by atoms with Crippen LogP contribution in [0.3, 0.4) is 0 Å². The average molecular weight is 700 g/mol. The molecular formula is C48H29NOS2. The van der Waals surface area contributed by atoms with Crippen molar-refractivity contribution in [3.8, 4) is 22.3 Å². The number of nitrogens with zero attached hydrogens (tertiary/aromatic N) is 1. The van der Waals surface area contributed by atoms with Crippen molar-refractivity contribution in [2.75, 3.05) is 4.90 Å². The van der Waals surface area contributed by atoms with E-state index in [0.717, 1.165) is 44.6 Å². The van der Waals surface area contributed by atoms with Gasteiger partial charge in [0.2, 0.25) is 0 Å². The van der Waals surface area contributed by atoms with Gasteiger partial charge in [-0.1, -0.05) is 109 Å². The van der Waals surface area contributed by atoms with Gasteiger partial charge in [-0.3, -0.25) is 0 Å². The first kappa shape index (κ1) is 29.5. The van der Waals surface area contributed by atoms with E-state index < -0.39 is 0 Å². The lowest BCUT2D eigenvalue weighted by Crippen LogP contribution is -2.09. The molecule has 11 rings (SSSR count). The fraction of sp³-hybridized carbons (Fsp3) is 0. The Balaban J connectivity index is 1.08. The molecule has 244 valence electrons. The second-order valence-electron chi connectivity index (χ2n) is 13.2. The third kappa shape index (κ3) is 4.55.